The maximum Gasteiger partial charge on any atom is 0.137 e. The van der Waals surface area contributed by atoms with Crippen molar-refractivity contribution in [3.05, 3.63) is 33.8 Å². The Hall–Kier alpha value is -0.530. The van der Waals surface area contributed by atoms with Crippen LogP contribution >= 0.6 is 23.2 Å². The smallest absolute Gasteiger partial charge is 0.137 e. The van der Waals surface area contributed by atoms with E-state index in [1.807, 2.05) is 20.8 Å². The first-order valence-corrected chi connectivity index (χ1v) is 5.84. The lowest BCUT2D eigenvalue weighted by molar-refractivity contribution is -0.118. The predicted molar refractivity (Wildman–Crippen MR) is 66.8 cm³/mol. The molecule has 1 aromatic rings. The summed E-state index contributed by atoms with van der Waals surface area (Å²) in [6.07, 6.45) is 0.936. The molecule has 0 fully saturated rings. The van der Waals surface area contributed by atoms with Gasteiger partial charge in [-0.25, -0.2) is 0 Å². The minimum absolute atomic E-state index is 0.184. The van der Waals surface area contributed by atoms with Crippen molar-refractivity contribution in [1.82, 2.24) is 0 Å². The van der Waals surface area contributed by atoms with Crippen LogP contribution in [0.4, 0.5) is 0 Å². The first kappa shape index (κ1) is 14.5. The van der Waals surface area contributed by atoms with E-state index in [9.17, 15) is 4.79 Å². The Bertz CT molecular complexity index is 321. The number of halogens is 2. The van der Waals surface area contributed by atoms with E-state index in [4.69, 9.17) is 23.2 Å². The van der Waals surface area contributed by atoms with Gasteiger partial charge >= 0.3 is 0 Å². The van der Waals surface area contributed by atoms with Crippen molar-refractivity contribution in [3.63, 3.8) is 0 Å². The van der Waals surface area contributed by atoms with Crippen LogP contribution in [0.15, 0.2) is 18.2 Å². The van der Waals surface area contributed by atoms with E-state index in [1.54, 1.807) is 18.2 Å². The van der Waals surface area contributed by atoms with Crippen LogP contribution in [0.3, 0.4) is 0 Å². The van der Waals surface area contributed by atoms with E-state index in [0.717, 1.165) is 5.56 Å². The van der Waals surface area contributed by atoms with Crippen molar-refractivity contribution >= 4 is 29.0 Å². The Balaban J connectivity index is 0.000000921. The zero-order valence-corrected chi connectivity index (χ0v) is 10.8. The normalized spacial score (nSPS) is 9.13. The molecule has 0 aliphatic carbocycles. The Morgan fingerprint density at radius 2 is 1.87 bits per heavy atom. The van der Waals surface area contributed by atoms with Gasteiger partial charge in [-0.1, -0.05) is 50.0 Å². The molecule has 1 rings (SSSR count). The predicted octanol–water partition coefficient (Wildman–Crippen LogP) is 4.54. The summed E-state index contributed by atoms with van der Waals surface area (Å²) in [4.78, 5) is 11.1. The summed E-state index contributed by atoms with van der Waals surface area (Å²) >= 11 is 11.6. The molecule has 0 aliphatic heterocycles. The van der Waals surface area contributed by atoms with Gasteiger partial charge in [-0.15, -0.1) is 0 Å². The van der Waals surface area contributed by atoms with Crippen molar-refractivity contribution in [2.45, 2.75) is 33.6 Å². The minimum atomic E-state index is 0.184. The summed E-state index contributed by atoms with van der Waals surface area (Å²) in [6.45, 7) is 5.84. The molecule has 1 nitrogen and oxygen atoms in total. The molecule has 0 radical (unpaired) electrons. The topological polar surface area (TPSA) is 17.1 Å². The van der Waals surface area contributed by atoms with Gasteiger partial charge in [-0.2, -0.15) is 0 Å². The highest BCUT2D eigenvalue weighted by Crippen LogP contribution is 2.21. The molecule has 0 bridgehead atoms. The number of hydrogen-bond donors (Lipinski definition) is 0. The van der Waals surface area contributed by atoms with Crippen LogP contribution < -0.4 is 0 Å². The van der Waals surface area contributed by atoms with Crippen LogP contribution in [0.1, 0.15) is 32.8 Å². The highest BCUT2D eigenvalue weighted by Gasteiger charge is 2.05. The largest absolute Gasteiger partial charge is 0.299 e. The van der Waals surface area contributed by atoms with Crippen LogP contribution in [0.5, 0.6) is 0 Å². The van der Waals surface area contributed by atoms with Crippen molar-refractivity contribution in [2.24, 2.45) is 0 Å². The second-order valence-electron chi connectivity index (χ2n) is 2.80. The SMILES string of the molecule is CC.CCC(=O)Cc1ccc(Cl)cc1Cl. The number of ketones is 1. The Morgan fingerprint density at radius 1 is 1.27 bits per heavy atom. The average Bonchev–Trinajstić information content (AvgIpc) is 2.25. The monoisotopic (exact) mass is 246 g/mol. The lowest BCUT2D eigenvalue weighted by atomic mass is 10.1. The van der Waals surface area contributed by atoms with Gasteiger partial charge in [0.25, 0.3) is 0 Å². The zero-order valence-electron chi connectivity index (χ0n) is 9.31. The van der Waals surface area contributed by atoms with Gasteiger partial charge in [0.15, 0.2) is 0 Å². The number of Topliss-reactive ketones (excluding diaryl/α,β-unsaturated/α-hetero) is 1. The summed E-state index contributed by atoms with van der Waals surface area (Å²) in [5.41, 5.74) is 0.845. The third-order valence-corrected chi connectivity index (χ3v) is 2.38. The van der Waals surface area contributed by atoms with E-state index in [0.29, 0.717) is 22.9 Å². The van der Waals surface area contributed by atoms with Crippen LogP contribution in [-0.4, -0.2) is 5.78 Å². The van der Waals surface area contributed by atoms with Crippen molar-refractivity contribution in [1.29, 1.82) is 0 Å². The third kappa shape index (κ3) is 5.19. The van der Waals surface area contributed by atoms with Gasteiger partial charge in [-0.05, 0) is 17.7 Å². The Labute approximate surface area is 101 Å². The van der Waals surface area contributed by atoms with Gasteiger partial charge in [-0.3, -0.25) is 4.79 Å². The minimum Gasteiger partial charge on any atom is -0.299 e. The molecule has 0 unspecified atom stereocenters. The first-order valence-electron chi connectivity index (χ1n) is 5.09. The third-order valence-electron chi connectivity index (χ3n) is 1.80. The van der Waals surface area contributed by atoms with Crippen molar-refractivity contribution < 1.29 is 4.79 Å². The quantitative estimate of drug-likeness (QED) is 0.766. The number of benzene rings is 1. The van der Waals surface area contributed by atoms with E-state index in [2.05, 4.69) is 0 Å². The maximum absolute atomic E-state index is 11.1. The second-order valence-corrected chi connectivity index (χ2v) is 3.65. The van der Waals surface area contributed by atoms with E-state index in [-0.39, 0.29) is 5.78 Å². The molecule has 0 aliphatic rings. The van der Waals surface area contributed by atoms with Gasteiger partial charge < -0.3 is 0 Å². The standard InChI is InChI=1S/C10H10Cl2O.C2H6/c1-2-9(13)5-7-3-4-8(11)6-10(7)12;1-2/h3-4,6H,2,5H2,1H3;1-2H3. The molecule has 0 spiro atoms. The van der Waals surface area contributed by atoms with E-state index < -0.39 is 0 Å². The fourth-order valence-corrected chi connectivity index (χ4v) is 1.48. The van der Waals surface area contributed by atoms with Crippen LogP contribution in [0.25, 0.3) is 0 Å². The zero-order chi connectivity index (χ0) is 11.8. The van der Waals surface area contributed by atoms with Crippen LogP contribution in [0.2, 0.25) is 10.0 Å². The van der Waals surface area contributed by atoms with Crippen molar-refractivity contribution in [2.75, 3.05) is 0 Å². The fraction of sp³-hybridized carbons (Fsp3) is 0.417. The highest BCUT2D eigenvalue weighted by molar-refractivity contribution is 6.35. The molecule has 0 amide bonds. The molecule has 84 valence electrons. The maximum atomic E-state index is 11.1. The van der Waals surface area contributed by atoms with Gasteiger partial charge in [0, 0.05) is 22.9 Å². The average molecular weight is 247 g/mol. The number of carbonyl (C=O) groups excluding carboxylic acids is 1. The summed E-state index contributed by atoms with van der Waals surface area (Å²) in [5, 5.41) is 1.16. The molecular weight excluding hydrogens is 231 g/mol. The molecule has 0 N–H and O–H groups in total. The summed E-state index contributed by atoms with van der Waals surface area (Å²) in [7, 11) is 0. The summed E-state index contributed by atoms with van der Waals surface area (Å²) in [6, 6.07) is 5.19. The molecule has 1 aromatic carbocycles. The molecule has 0 saturated heterocycles. The first-order chi connectivity index (χ1) is 7.13. The number of rotatable bonds is 3. The number of hydrogen-bond acceptors (Lipinski definition) is 1. The molecule has 15 heavy (non-hydrogen) atoms. The number of carbonyl (C=O) groups is 1. The van der Waals surface area contributed by atoms with Crippen molar-refractivity contribution in [3.8, 4) is 0 Å². The molecule has 0 aromatic heterocycles. The van der Waals surface area contributed by atoms with Gasteiger partial charge in [0.2, 0.25) is 0 Å². The van der Waals surface area contributed by atoms with Gasteiger partial charge in [0.05, 0.1) is 0 Å². The summed E-state index contributed by atoms with van der Waals surface area (Å²) in [5.74, 6) is 0.184. The van der Waals surface area contributed by atoms with Crippen LogP contribution in [0, 0.1) is 0 Å². The molecule has 0 heterocycles. The fourth-order valence-electron chi connectivity index (χ4n) is 1.00. The lowest BCUT2D eigenvalue weighted by Gasteiger charge is -2.02. The lowest BCUT2D eigenvalue weighted by Crippen LogP contribution is -2.00. The van der Waals surface area contributed by atoms with Crippen LogP contribution in [-0.2, 0) is 11.2 Å². The highest BCUT2D eigenvalue weighted by atomic mass is 35.5. The summed E-state index contributed by atoms with van der Waals surface area (Å²) < 4.78 is 0. The molecule has 0 atom stereocenters. The molecular formula is C12H16Cl2O. The van der Waals surface area contributed by atoms with E-state index >= 15 is 0 Å². The Kier molecular flexibility index (Phi) is 7.45. The molecule has 0 saturated carbocycles. The second kappa shape index (κ2) is 7.72. The van der Waals surface area contributed by atoms with Gasteiger partial charge in [0.1, 0.15) is 5.78 Å². The Morgan fingerprint density at radius 3 is 2.33 bits per heavy atom. The molecule has 3 heteroatoms. The van der Waals surface area contributed by atoms with E-state index in [1.165, 1.54) is 0 Å².